The molecule has 5 rings (SSSR count). The molecule has 1 amide bonds. The van der Waals surface area contributed by atoms with E-state index in [0.29, 0.717) is 36.3 Å². The molecule has 1 aliphatic heterocycles. The van der Waals surface area contributed by atoms with Crippen molar-refractivity contribution in [3.63, 3.8) is 0 Å². The van der Waals surface area contributed by atoms with Gasteiger partial charge in [-0.25, -0.2) is 8.42 Å². The third kappa shape index (κ3) is 3.49. The lowest BCUT2D eigenvalue weighted by atomic mass is 10.3. The van der Waals surface area contributed by atoms with Gasteiger partial charge in [-0.05, 0) is 31.0 Å². The molecule has 0 bridgehead atoms. The first-order valence-corrected chi connectivity index (χ1v) is 11.6. The zero-order valence-electron chi connectivity index (χ0n) is 15.4. The van der Waals surface area contributed by atoms with Gasteiger partial charge in [-0.2, -0.15) is 9.29 Å². The van der Waals surface area contributed by atoms with Crippen molar-refractivity contribution in [2.45, 2.75) is 23.0 Å². The molecule has 1 aliphatic carbocycles. The number of thiophene rings is 1. The molecule has 2 aliphatic rings. The smallest absolute Gasteiger partial charge is 0.289 e. The van der Waals surface area contributed by atoms with Crippen molar-refractivity contribution in [2.24, 2.45) is 0 Å². The van der Waals surface area contributed by atoms with Crippen molar-refractivity contribution in [1.29, 1.82) is 0 Å². The molecule has 4 heterocycles. The van der Waals surface area contributed by atoms with E-state index in [-0.39, 0.29) is 29.0 Å². The summed E-state index contributed by atoms with van der Waals surface area (Å²) in [4.78, 5) is 18.3. The van der Waals surface area contributed by atoms with Gasteiger partial charge in [-0.3, -0.25) is 4.79 Å². The molecule has 0 unspecified atom stereocenters. The summed E-state index contributed by atoms with van der Waals surface area (Å²) in [5.41, 5.74) is 0.635. The Hall–Kier alpha value is -2.50. The Labute approximate surface area is 171 Å². The lowest BCUT2D eigenvalue weighted by molar-refractivity contribution is 0.0666. The molecule has 1 saturated carbocycles. The zero-order valence-corrected chi connectivity index (χ0v) is 17.0. The lowest BCUT2D eigenvalue weighted by Gasteiger charge is -2.33. The van der Waals surface area contributed by atoms with Crippen LogP contribution in [0.1, 0.15) is 35.2 Å². The van der Waals surface area contributed by atoms with Crippen LogP contribution in [0.15, 0.2) is 43.0 Å². The second kappa shape index (κ2) is 7.08. The fourth-order valence-electron chi connectivity index (χ4n) is 3.23. The van der Waals surface area contributed by atoms with E-state index in [9.17, 15) is 13.2 Å². The Morgan fingerprint density at radius 2 is 2.00 bits per heavy atom. The van der Waals surface area contributed by atoms with Gasteiger partial charge in [-0.1, -0.05) is 5.16 Å². The van der Waals surface area contributed by atoms with E-state index in [1.54, 1.807) is 28.5 Å². The molecule has 1 saturated heterocycles. The number of piperazine rings is 1. The Morgan fingerprint density at radius 1 is 1.21 bits per heavy atom. The molecule has 29 heavy (non-hydrogen) atoms. The molecule has 0 radical (unpaired) electrons. The van der Waals surface area contributed by atoms with Gasteiger partial charge in [0.2, 0.25) is 11.7 Å². The van der Waals surface area contributed by atoms with Gasteiger partial charge in [0.1, 0.15) is 4.21 Å². The van der Waals surface area contributed by atoms with Gasteiger partial charge >= 0.3 is 0 Å². The highest BCUT2D eigenvalue weighted by molar-refractivity contribution is 7.91. The maximum atomic E-state index is 13.0. The third-order valence-electron chi connectivity index (χ3n) is 5.05. The van der Waals surface area contributed by atoms with Crippen molar-refractivity contribution in [3.05, 3.63) is 41.5 Å². The second-order valence-corrected chi connectivity index (χ2v) is 10.1. The van der Waals surface area contributed by atoms with Gasteiger partial charge in [0.05, 0.1) is 6.26 Å². The highest BCUT2D eigenvalue weighted by Crippen LogP contribution is 2.40. The summed E-state index contributed by atoms with van der Waals surface area (Å²) >= 11 is 1.14. The summed E-state index contributed by atoms with van der Waals surface area (Å²) in [5, 5.41) is 5.70. The number of hydrogen-bond donors (Lipinski definition) is 0. The quantitative estimate of drug-likeness (QED) is 0.606. The maximum Gasteiger partial charge on any atom is 0.289 e. The number of amides is 1. The number of nitrogens with zero attached hydrogens (tertiary/aromatic N) is 4. The third-order valence-corrected chi connectivity index (χ3v) is 8.37. The second-order valence-electron chi connectivity index (χ2n) is 7.06. The predicted molar refractivity (Wildman–Crippen MR) is 103 cm³/mol. The molecule has 0 atom stereocenters. The molecule has 9 nitrogen and oxygen atoms in total. The van der Waals surface area contributed by atoms with Crippen LogP contribution < -0.4 is 0 Å². The number of hydrogen-bond acceptors (Lipinski definition) is 8. The van der Waals surface area contributed by atoms with Crippen LogP contribution in [0.5, 0.6) is 0 Å². The van der Waals surface area contributed by atoms with Crippen LogP contribution in [-0.4, -0.2) is 59.8 Å². The van der Waals surface area contributed by atoms with E-state index in [0.717, 1.165) is 24.2 Å². The molecule has 0 aromatic carbocycles. The van der Waals surface area contributed by atoms with E-state index < -0.39 is 10.0 Å². The van der Waals surface area contributed by atoms with Crippen molar-refractivity contribution >= 4 is 27.3 Å². The first-order chi connectivity index (χ1) is 14.0. The molecule has 11 heteroatoms. The van der Waals surface area contributed by atoms with Gasteiger partial charge in [0.25, 0.3) is 15.9 Å². The van der Waals surface area contributed by atoms with Crippen molar-refractivity contribution in [3.8, 4) is 11.4 Å². The van der Waals surface area contributed by atoms with Gasteiger partial charge in [-0.15, -0.1) is 11.3 Å². The van der Waals surface area contributed by atoms with E-state index >= 15 is 0 Å². The summed E-state index contributed by atoms with van der Waals surface area (Å²) in [6, 6.07) is 4.84. The Kier molecular flexibility index (Phi) is 4.52. The normalized spacial score (nSPS) is 18.3. The number of rotatable bonds is 5. The largest absolute Gasteiger partial charge is 0.459 e. The van der Waals surface area contributed by atoms with Gasteiger partial charge in [0.15, 0.2) is 5.76 Å². The monoisotopic (exact) mass is 434 g/mol. The Bertz CT molecular complexity index is 1120. The summed E-state index contributed by atoms with van der Waals surface area (Å²) < 4.78 is 38.1. The van der Waals surface area contributed by atoms with Crippen LogP contribution in [0.25, 0.3) is 11.4 Å². The molecular formula is C18H18N4O5S2. The fraction of sp³-hybridized carbons (Fsp3) is 0.389. The number of carbonyl (C=O) groups is 1. The van der Waals surface area contributed by atoms with E-state index in [4.69, 9.17) is 8.94 Å². The topological polar surface area (TPSA) is 110 Å². The summed E-state index contributed by atoms with van der Waals surface area (Å²) in [5.74, 6) is 1.41. The number of aromatic nitrogens is 2. The van der Waals surface area contributed by atoms with Crippen LogP contribution >= 0.6 is 11.3 Å². The van der Waals surface area contributed by atoms with Crippen LogP contribution in [0.2, 0.25) is 0 Å². The minimum atomic E-state index is -3.65. The molecule has 152 valence electrons. The Morgan fingerprint density at radius 3 is 2.69 bits per heavy atom. The lowest BCUT2D eigenvalue weighted by Crippen LogP contribution is -2.50. The van der Waals surface area contributed by atoms with E-state index in [1.807, 2.05) is 0 Å². The van der Waals surface area contributed by atoms with Crippen LogP contribution in [-0.2, 0) is 10.0 Å². The number of furan rings is 1. The van der Waals surface area contributed by atoms with Crippen LogP contribution in [0.3, 0.4) is 0 Å². The van der Waals surface area contributed by atoms with Crippen LogP contribution in [0, 0.1) is 0 Å². The van der Waals surface area contributed by atoms with Gasteiger partial charge < -0.3 is 13.8 Å². The summed E-state index contributed by atoms with van der Waals surface area (Å²) in [6.45, 7) is 1.09. The van der Waals surface area contributed by atoms with Crippen LogP contribution in [0.4, 0.5) is 0 Å². The SMILES string of the molecule is O=C(c1ccco1)N1CCN(S(=O)(=O)c2cc(-c3noc(C4CC4)n3)cs2)CC1. The minimum absolute atomic E-state index is 0.228. The number of sulfonamides is 1. The standard InChI is InChI=1S/C18H18N4O5S2/c23-18(14-2-1-9-26-14)21-5-7-22(8-6-21)29(24,25)15-10-13(11-28-15)16-19-17(27-20-16)12-3-4-12/h1-2,9-12H,3-8H2. The summed E-state index contributed by atoms with van der Waals surface area (Å²) in [7, 11) is -3.65. The maximum absolute atomic E-state index is 13.0. The molecular weight excluding hydrogens is 416 g/mol. The van der Waals surface area contributed by atoms with Crippen molar-refractivity contribution < 1.29 is 22.2 Å². The molecule has 0 N–H and O–H groups in total. The highest BCUT2D eigenvalue weighted by atomic mass is 32.2. The van der Waals surface area contributed by atoms with E-state index in [1.165, 1.54) is 10.6 Å². The Balaban J connectivity index is 1.28. The first kappa shape index (κ1) is 18.5. The highest BCUT2D eigenvalue weighted by Gasteiger charge is 2.33. The van der Waals surface area contributed by atoms with Gasteiger partial charge in [0, 0.05) is 43.0 Å². The molecule has 3 aromatic rings. The van der Waals surface area contributed by atoms with Crippen molar-refractivity contribution in [1.82, 2.24) is 19.3 Å². The molecule has 0 spiro atoms. The average Bonchev–Trinajstić information content (AvgIpc) is 3.17. The summed E-state index contributed by atoms with van der Waals surface area (Å²) in [6.07, 6.45) is 3.55. The molecule has 2 fully saturated rings. The van der Waals surface area contributed by atoms with E-state index in [2.05, 4.69) is 10.1 Å². The number of carbonyl (C=O) groups excluding carboxylic acids is 1. The first-order valence-electron chi connectivity index (χ1n) is 9.28. The average molecular weight is 434 g/mol. The fourth-order valence-corrected chi connectivity index (χ4v) is 5.97. The van der Waals surface area contributed by atoms with Crippen molar-refractivity contribution in [2.75, 3.05) is 26.2 Å². The molecule has 3 aromatic heterocycles. The minimum Gasteiger partial charge on any atom is -0.459 e. The zero-order chi connectivity index (χ0) is 20.0. The predicted octanol–water partition coefficient (Wildman–Crippen LogP) is 2.42.